The molecule has 138 valence electrons. The van der Waals surface area contributed by atoms with Gasteiger partial charge < -0.3 is 10.1 Å². The van der Waals surface area contributed by atoms with E-state index in [-0.39, 0.29) is 23.7 Å². The lowest BCUT2D eigenvalue weighted by atomic mass is 10.0. The highest BCUT2D eigenvalue weighted by atomic mass is 16.5. The first kappa shape index (κ1) is 19.3. The fourth-order valence-corrected chi connectivity index (χ4v) is 3.78. The summed E-state index contributed by atoms with van der Waals surface area (Å²) >= 11 is 0. The van der Waals surface area contributed by atoms with Crippen molar-refractivity contribution in [2.45, 2.75) is 58.7 Å². The second-order valence-electron chi connectivity index (χ2n) is 7.58. The van der Waals surface area contributed by atoms with Crippen LogP contribution in [0.4, 0.5) is 0 Å². The van der Waals surface area contributed by atoms with Crippen LogP contribution in [-0.4, -0.2) is 79.0 Å². The van der Waals surface area contributed by atoms with E-state index in [1.165, 1.54) is 0 Å². The molecular weight excluding hydrogens is 306 g/mol. The maximum Gasteiger partial charge on any atom is 0.234 e. The largest absolute Gasteiger partial charge is 0.376 e. The molecule has 0 aromatic rings. The fourth-order valence-electron chi connectivity index (χ4n) is 3.78. The molecule has 2 fully saturated rings. The van der Waals surface area contributed by atoms with Crippen LogP contribution in [0.1, 0.15) is 40.5 Å². The van der Waals surface area contributed by atoms with Crippen molar-refractivity contribution in [3.63, 3.8) is 0 Å². The van der Waals surface area contributed by atoms with Crippen LogP contribution in [0.2, 0.25) is 0 Å². The minimum Gasteiger partial charge on any atom is -0.376 e. The number of rotatable bonds is 6. The number of hydrogen-bond acceptors (Lipinski definition) is 5. The zero-order valence-corrected chi connectivity index (χ0v) is 15.6. The van der Waals surface area contributed by atoms with Crippen molar-refractivity contribution in [2.24, 2.45) is 5.92 Å². The van der Waals surface area contributed by atoms with E-state index in [0.29, 0.717) is 18.7 Å². The van der Waals surface area contributed by atoms with Crippen LogP contribution in [0.25, 0.3) is 0 Å². The molecule has 0 aromatic heterocycles. The Balaban J connectivity index is 1.74. The molecule has 1 amide bonds. The van der Waals surface area contributed by atoms with Crippen molar-refractivity contribution >= 4 is 11.7 Å². The molecule has 2 atom stereocenters. The van der Waals surface area contributed by atoms with E-state index in [0.717, 1.165) is 45.6 Å². The second-order valence-corrected chi connectivity index (χ2v) is 7.58. The monoisotopic (exact) mass is 339 g/mol. The SMILES string of the molecule is CC(=O)[C@@H](NC(=O)CN1CCC(N2CCO[C@@H](C)C2)CC1)C(C)C. The number of ketones is 1. The maximum absolute atomic E-state index is 12.2. The van der Waals surface area contributed by atoms with E-state index in [2.05, 4.69) is 22.0 Å². The maximum atomic E-state index is 12.2. The molecule has 1 N–H and O–H groups in total. The number of amides is 1. The van der Waals surface area contributed by atoms with Gasteiger partial charge in [-0.25, -0.2) is 0 Å². The minimum absolute atomic E-state index is 0.0264. The van der Waals surface area contributed by atoms with Crippen molar-refractivity contribution in [3.05, 3.63) is 0 Å². The highest BCUT2D eigenvalue weighted by Gasteiger charge is 2.29. The zero-order valence-electron chi connectivity index (χ0n) is 15.6. The van der Waals surface area contributed by atoms with Crippen molar-refractivity contribution in [1.82, 2.24) is 15.1 Å². The average molecular weight is 339 g/mol. The molecule has 0 aromatic carbocycles. The Hall–Kier alpha value is -0.980. The lowest BCUT2D eigenvalue weighted by Gasteiger charge is -2.41. The van der Waals surface area contributed by atoms with Crippen LogP contribution < -0.4 is 5.32 Å². The van der Waals surface area contributed by atoms with Crippen LogP contribution in [-0.2, 0) is 14.3 Å². The molecule has 2 aliphatic rings. The summed E-state index contributed by atoms with van der Waals surface area (Å²) in [6.45, 7) is 12.7. The van der Waals surface area contributed by atoms with E-state index in [4.69, 9.17) is 4.74 Å². The first-order valence-electron chi connectivity index (χ1n) is 9.24. The van der Waals surface area contributed by atoms with Gasteiger partial charge in [0, 0.05) is 32.2 Å². The minimum atomic E-state index is -0.370. The standard InChI is InChI=1S/C18H33N3O3/c1-13(2)18(15(4)22)19-17(23)12-20-7-5-16(6-8-20)21-9-10-24-14(3)11-21/h13-14,16,18H,5-12H2,1-4H3,(H,19,23)/t14-,18-/m0/s1. The molecule has 0 unspecified atom stereocenters. The summed E-state index contributed by atoms with van der Waals surface area (Å²) in [6, 6.07) is 0.237. The van der Waals surface area contributed by atoms with E-state index in [1.807, 2.05) is 13.8 Å². The van der Waals surface area contributed by atoms with Crippen LogP contribution in [0.5, 0.6) is 0 Å². The van der Waals surface area contributed by atoms with Crippen LogP contribution in [0.3, 0.4) is 0 Å². The summed E-state index contributed by atoms with van der Waals surface area (Å²) in [6.07, 6.45) is 2.52. The second kappa shape index (κ2) is 8.92. The summed E-state index contributed by atoms with van der Waals surface area (Å²) < 4.78 is 5.62. The highest BCUT2D eigenvalue weighted by molar-refractivity contribution is 5.88. The summed E-state index contributed by atoms with van der Waals surface area (Å²) in [4.78, 5) is 28.6. The van der Waals surface area contributed by atoms with Gasteiger partial charge in [0.05, 0.1) is 25.3 Å². The Labute approximate surface area is 145 Å². The van der Waals surface area contributed by atoms with Gasteiger partial charge in [-0.15, -0.1) is 0 Å². The first-order chi connectivity index (χ1) is 11.4. The van der Waals surface area contributed by atoms with Crippen LogP contribution in [0.15, 0.2) is 0 Å². The van der Waals surface area contributed by atoms with Gasteiger partial charge in [-0.2, -0.15) is 0 Å². The fraction of sp³-hybridized carbons (Fsp3) is 0.889. The topological polar surface area (TPSA) is 61.9 Å². The van der Waals surface area contributed by atoms with Gasteiger partial charge in [0.1, 0.15) is 0 Å². The van der Waals surface area contributed by atoms with Crippen molar-refractivity contribution < 1.29 is 14.3 Å². The van der Waals surface area contributed by atoms with Crippen LogP contribution >= 0.6 is 0 Å². The summed E-state index contributed by atoms with van der Waals surface area (Å²) in [5, 5.41) is 2.89. The number of Topliss-reactive ketones (excluding diaryl/α,β-unsaturated/α-hetero) is 1. The number of hydrogen-bond donors (Lipinski definition) is 1. The summed E-state index contributed by atoms with van der Waals surface area (Å²) in [7, 11) is 0. The smallest absolute Gasteiger partial charge is 0.234 e. The number of nitrogens with one attached hydrogen (secondary N) is 1. The molecule has 24 heavy (non-hydrogen) atoms. The van der Waals surface area contributed by atoms with E-state index < -0.39 is 0 Å². The lowest BCUT2D eigenvalue weighted by molar-refractivity contribution is -0.128. The molecular formula is C18H33N3O3. The predicted molar refractivity (Wildman–Crippen MR) is 93.9 cm³/mol. The molecule has 6 heteroatoms. The molecule has 2 saturated heterocycles. The third-order valence-electron chi connectivity index (χ3n) is 5.13. The Kier molecular flexibility index (Phi) is 7.19. The third-order valence-corrected chi connectivity index (χ3v) is 5.13. The van der Waals surface area contributed by atoms with Gasteiger partial charge >= 0.3 is 0 Å². The molecule has 2 rings (SSSR count). The number of morpholine rings is 1. The van der Waals surface area contributed by atoms with Gasteiger partial charge in [-0.1, -0.05) is 13.8 Å². The molecule has 2 heterocycles. The molecule has 0 bridgehead atoms. The molecule has 6 nitrogen and oxygen atoms in total. The normalized spacial score (nSPS) is 25.6. The van der Waals surface area contributed by atoms with Crippen molar-refractivity contribution in [3.8, 4) is 0 Å². The molecule has 0 saturated carbocycles. The Morgan fingerprint density at radius 2 is 1.88 bits per heavy atom. The predicted octanol–water partition coefficient (Wildman–Crippen LogP) is 0.901. The zero-order chi connectivity index (χ0) is 17.7. The molecule has 0 spiro atoms. The summed E-state index contributed by atoms with van der Waals surface area (Å²) in [5.74, 6) is 0.112. The first-order valence-corrected chi connectivity index (χ1v) is 9.24. The molecule has 0 radical (unpaired) electrons. The lowest BCUT2D eigenvalue weighted by Crippen LogP contribution is -2.53. The van der Waals surface area contributed by atoms with Gasteiger partial charge in [0.25, 0.3) is 0 Å². The Bertz CT molecular complexity index is 433. The van der Waals surface area contributed by atoms with Crippen molar-refractivity contribution in [1.29, 1.82) is 0 Å². The Morgan fingerprint density at radius 1 is 1.21 bits per heavy atom. The number of likely N-dealkylation sites (tertiary alicyclic amines) is 1. The van der Waals surface area contributed by atoms with Gasteiger partial charge in [0.2, 0.25) is 5.91 Å². The van der Waals surface area contributed by atoms with E-state index in [9.17, 15) is 9.59 Å². The van der Waals surface area contributed by atoms with E-state index in [1.54, 1.807) is 6.92 Å². The van der Waals surface area contributed by atoms with Crippen molar-refractivity contribution in [2.75, 3.05) is 39.3 Å². The number of carbonyl (C=O) groups excluding carboxylic acids is 2. The van der Waals surface area contributed by atoms with E-state index >= 15 is 0 Å². The molecule has 0 aliphatic carbocycles. The van der Waals surface area contributed by atoms with Gasteiger partial charge in [-0.3, -0.25) is 19.4 Å². The quantitative estimate of drug-likeness (QED) is 0.779. The van der Waals surface area contributed by atoms with Gasteiger partial charge in [-0.05, 0) is 32.6 Å². The highest BCUT2D eigenvalue weighted by Crippen LogP contribution is 2.19. The number of piperidine rings is 1. The summed E-state index contributed by atoms with van der Waals surface area (Å²) in [5.41, 5.74) is 0. The Morgan fingerprint density at radius 3 is 2.42 bits per heavy atom. The number of nitrogens with zero attached hydrogens (tertiary/aromatic N) is 2. The molecule has 2 aliphatic heterocycles. The number of ether oxygens (including phenoxy) is 1. The third kappa shape index (κ3) is 5.53. The van der Waals surface area contributed by atoms with Crippen LogP contribution in [0, 0.1) is 5.92 Å². The number of carbonyl (C=O) groups is 2. The van der Waals surface area contributed by atoms with Gasteiger partial charge in [0.15, 0.2) is 5.78 Å². The average Bonchev–Trinajstić information content (AvgIpc) is 2.52.